The number of esters is 1. The maximum absolute atomic E-state index is 15.1. The topological polar surface area (TPSA) is 126 Å². The molecule has 2 aromatic heterocycles. The van der Waals surface area contributed by atoms with Crippen molar-refractivity contribution in [2.45, 2.75) is 84.3 Å². The molecule has 6 rings (SSSR count). The van der Waals surface area contributed by atoms with E-state index in [9.17, 15) is 14.4 Å². The quantitative estimate of drug-likeness (QED) is 0.354. The first-order valence-corrected chi connectivity index (χ1v) is 13.9. The summed E-state index contributed by atoms with van der Waals surface area (Å²) in [5, 5.41) is 3.95. The van der Waals surface area contributed by atoms with E-state index in [4.69, 9.17) is 20.2 Å². The van der Waals surface area contributed by atoms with E-state index < -0.39 is 11.6 Å². The third-order valence-electron chi connectivity index (χ3n) is 8.49. The second-order valence-corrected chi connectivity index (χ2v) is 11.1. The number of aryl methyl sites for hydroxylation is 1. The highest BCUT2D eigenvalue weighted by molar-refractivity contribution is 5.94. The number of nitrogens with two attached hydrogens (primary N) is 1. The summed E-state index contributed by atoms with van der Waals surface area (Å²) in [6, 6.07) is 2.91. The van der Waals surface area contributed by atoms with Gasteiger partial charge in [-0.3, -0.25) is 9.59 Å². The van der Waals surface area contributed by atoms with Crippen molar-refractivity contribution in [3.05, 3.63) is 61.7 Å². The molecule has 40 heavy (non-hydrogen) atoms. The van der Waals surface area contributed by atoms with Crippen molar-refractivity contribution in [1.82, 2.24) is 14.9 Å². The van der Waals surface area contributed by atoms with Crippen molar-refractivity contribution in [2.24, 2.45) is 5.73 Å². The minimum absolute atomic E-state index is 0.137. The molecule has 0 spiro atoms. The van der Waals surface area contributed by atoms with Crippen LogP contribution < -0.4 is 16.6 Å². The molecule has 0 radical (unpaired) electrons. The van der Waals surface area contributed by atoms with Gasteiger partial charge >= 0.3 is 5.97 Å². The summed E-state index contributed by atoms with van der Waals surface area (Å²) in [4.78, 5) is 44.6. The van der Waals surface area contributed by atoms with Crippen LogP contribution in [-0.4, -0.2) is 34.1 Å². The molecule has 9 nitrogen and oxygen atoms in total. The molecule has 1 amide bonds. The van der Waals surface area contributed by atoms with Gasteiger partial charge in [-0.15, -0.1) is 0 Å². The van der Waals surface area contributed by atoms with E-state index in [2.05, 4.69) is 5.32 Å². The summed E-state index contributed by atoms with van der Waals surface area (Å²) in [6.45, 7) is 7.59. The van der Waals surface area contributed by atoms with Gasteiger partial charge in [0.05, 0.1) is 41.2 Å². The summed E-state index contributed by atoms with van der Waals surface area (Å²) >= 11 is 0. The number of hydrogen-bond donors (Lipinski definition) is 2. The minimum Gasteiger partial charge on any atom is -0.458 e. The van der Waals surface area contributed by atoms with Gasteiger partial charge in [0.1, 0.15) is 12.4 Å². The number of aromatic nitrogens is 2. The highest BCUT2D eigenvalue weighted by Crippen LogP contribution is 2.46. The molecule has 2 unspecified atom stereocenters. The average Bonchev–Trinajstić information content (AvgIpc) is 3.28. The van der Waals surface area contributed by atoms with Crippen molar-refractivity contribution in [3.63, 3.8) is 0 Å². The number of rotatable bonds is 6. The molecule has 210 valence electrons. The third kappa shape index (κ3) is 3.72. The van der Waals surface area contributed by atoms with Crippen LogP contribution in [0.4, 0.5) is 4.39 Å². The maximum Gasteiger partial charge on any atom is 0.343 e. The Morgan fingerprint density at radius 3 is 2.77 bits per heavy atom. The van der Waals surface area contributed by atoms with Gasteiger partial charge in [-0.2, -0.15) is 0 Å². The Balaban J connectivity index is 1.62. The van der Waals surface area contributed by atoms with Crippen LogP contribution in [0.3, 0.4) is 0 Å². The Labute approximate surface area is 230 Å². The predicted octanol–water partition coefficient (Wildman–Crippen LogP) is 3.41. The van der Waals surface area contributed by atoms with Gasteiger partial charge in [-0.25, -0.2) is 14.2 Å². The molecular weight excluding hydrogens is 515 g/mol. The van der Waals surface area contributed by atoms with Crippen LogP contribution in [0.25, 0.3) is 22.3 Å². The molecule has 3 N–H and O–H groups in total. The van der Waals surface area contributed by atoms with Crippen LogP contribution in [0.1, 0.15) is 79.5 Å². The van der Waals surface area contributed by atoms with Crippen molar-refractivity contribution in [3.8, 4) is 11.4 Å². The molecule has 0 fully saturated rings. The number of halogens is 1. The minimum atomic E-state index is -1.42. The Morgan fingerprint density at radius 2 is 2.08 bits per heavy atom. The lowest BCUT2D eigenvalue weighted by molar-refractivity contribution is -0.187. The van der Waals surface area contributed by atoms with Crippen LogP contribution in [0.2, 0.25) is 0 Å². The number of carbonyl (C=O) groups is 2. The molecule has 3 aromatic rings. The molecule has 3 aliphatic rings. The summed E-state index contributed by atoms with van der Waals surface area (Å²) in [6.07, 6.45) is 1.36. The van der Waals surface area contributed by atoms with E-state index in [0.29, 0.717) is 46.4 Å². The zero-order chi connectivity index (χ0) is 28.5. The number of carbonyl (C=O) groups excluding carboxylic acids is 2. The lowest BCUT2D eigenvalue weighted by Gasteiger charge is -2.37. The van der Waals surface area contributed by atoms with Crippen molar-refractivity contribution < 1.29 is 23.5 Å². The largest absolute Gasteiger partial charge is 0.458 e. The van der Waals surface area contributed by atoms with E-state index in [1.807, 2.05) is 26.8 Å². The molecule has 0 bridgehead atoms. The smallest absolute Gasteiger partial charge is 0.343 e. The van der Waals surface area contributed by atoms with Gasteiger partial charge in [0, 0.05) is 35.5 Å². The van der Waals surface area contributed by atoms with E-state index in [1.54, 1.807) is 11.5 Å². The monoisotopic (exact) mass is 548 g/mol. The lowest BCUT2D eigenvalue weighted by atomic mass is 9.81. The summed E-state index contributed by atoms with van der Waals surface area (Å²) in [5.74, 6) is -1.03. The molecule has 0 saturated heterocycles. The van der Waals surface area contributed by atoms with Crippen molar-refractivity contribution in [1.29, 1.82) is 0 Å². The number of pyridine rings is 2. The first-order valence-electron chi connectivity index (χ1n) is 13.9. The number of nitrogens with zero attached hydrogens (tertiary/aromatic N) is 2. The molecular formula is C30H33FN4O5. The van der Waals surface area contributed by atoms with Crippen LogP contribution in [0.15, 0.2) is 16.9 Å². The normalized spacial score (nSPS) is 20.8. The number of fused-ring (bicyclic) bond motifs is 5. The zero-order valence-corrected chi connectivity index (χ0v) is 23.2. The molecule has 1 aromatic carbocycles. The fourth-order valence-corrected chi connectivity index (χ4v) is 6.68. The fourth-order valence-electron chi connectivity index (χ4n) is 6.68. The second kappa shape index (κ2) is 9.49. The Bertz CT molecular complexity index is 1660. The number of cyclic esters (lactones) is 1. The lowest BCUT2D eigenvalue weighted by Crippen LogP contribution is -2.47. The second-order valence-electron chi connectivity index (χ2n) is 11.1. The number of nitrogens with one attached hydrogen (secondary N) is 1. The van der Waals surface area contributed by atoms with Crippen molar-refractivity contribution >= 4 is 22.8 Å². The zero-order valence-electron chi connectivity index (χ0n) is 23.2. The first-order chi connectivity index (χ1) is 19.1. The van der Waals surface area contributed by atoms with Gasteiger partial charge in [0.2, 0.25) is 5.91 Å². The highest BCUT2D eigenvalue weighted by atomic mass is 19.1. The standard InChI is InChI=1S/C30H33FN4O5/c1-5-30(40-14(2)3)19-10-23-27-17(12-35(23)28(37)18(19)13-39-29(30)38)26-21(33-24(36)8-9-32)7-6-16-15(4)20(31)11-22(34-27)25(16)26/h10-11,14,21H,5-9,12-13,32H2,1-4H3,(H,33,36). The number of amides is 1. The molecule has 2 aliphatic heterocycles. The van der Waals surface area contributed by atoms with Gasteiger partial charge in [0.15, 0.2) is 5.60 Å². The van der Waals surface area contributed by atoms with E-state index in [-0.39, 0.29) is 62.0 Å². The molecule has 2 atom stereocenters. The first kappa shape index (κ1) is 26.6. The summed E-state index contributed by atoms with van der Waals surface area (Å²) < 4.78 is 28.3. The molecule has 0 saturated carbocycles. The van der Waals surface area contributed by atoms with Gasteiger partial charge in [-0.1, -0.05) is 6.92 Å². The number of ether oxygens (including phenoxy) is 2. The van der Waals surface area contributed by atoms with Crippen LogP contribution in [-0.2, 0) is 44.2 Å². The van der Waals surface area contributed by atoms with E-state index in [1.165, 1.54) is 6.07 Å². The Morgan fingerprint density at radius 1 is 1.30 bits per heavy atom. The van der Waals surface area contributed by atoms with Crippen LogP contribution in [0.5, 0.6) is 0 Å². The fraction of sp³-hybridized carbons (Fsp3) is 0.467. The highest BCUT2D eigenvalue weighted by Gasteiger charge is 2.49. The third-order valence-corrected chi connectivity index (χ3v) is 8.49. The SMILES string of the molecule is CCC1(OC(C)C)C(=O)OCc2c1cc1n(c2=O)Cc2c-1nc1cc(F)c(C)c3c1c2C(NC(=O)CCN)CC3. The molecule has 4 heterocycles. The molecule has 10 heteroatoms. The van der Waals surface area contributed by atoms with E-state index >= 15 is 4.39 Å². The van der Waals surface area contributed by atoms with Gasteiger partial charge in [-0.05, 0) is 62.8 Å². The maximum atomic E-state index is 15.1. The van der Waals surface area contributed by atoms with Crippen LogP contribution in [0, 0.1) is 12.7 Å². The van der Waals surface area contributed by atoms with Crippen LogP contribution >= 0.6 is 0 Å². The Hall–Kier alpha value is -3.63. The Kier molecular flexibility index (Phi) is 6.30. The number of hydrogen-bond acceptors (Lipinski definition) is 7. The summed E-state index contributed by atoms with van der Waals surface area (Å²) in [5.41, 5.74) is 9.49. The van der Waals surface area contributed by atoms with Gasteiger partial charge < -0.3 is 25.1 Å². The average molecular weight is 549 g/mol. The van der Waals surface area contributed by atoms with Crippen molar-refractivity contribution in [2.75, 3.05) is 6.54 Å². The van der Waals surface area contributed by atoms with Gasteiger partial charge in [0.25, 0.3) is 5.56 Å². The molecule has 1 aliphatic carbocycles. The summed E-state index contributed by atoms with van der Waals surface area (Å²) in [7, 11) is 0. The number of benzene rings is 1. The predicted molar refractivity (Wildman–Crippen MR) is 146 cm³/mol. The van der Waals surface area contributed by atoms with E-state index in [0.717, 1.165) is 22.1 Å².